The lowest BCUT2D eigenvalue weighted by Gasteiger charge is -2.14. The largest absolute Gasteiger partial charge is 0.493 e. The van der Waals surface area contributed by atoms with Crippen LogP contribution in [-0.4, -0.2) is 18.7 Å². The molecule has 0 aromatic heterocycles. The third-order valence-electron chi connectivity index (χ3n) is 2.85. The van der Waals surface area contributed by atoms with E-state index in [2.05, 4.69) is 6.07 Å². The minimum Gasteiger partial charge on any atom is -0.493 e. The van der Waals surface area contributed by atoms with Gasteiger partial charge in [-0.3, -0.25) is 0 Å². The van der Waals surface area contributed by atoms with Gasteiger partial charge >= 0.3 is 5.97 Å². The minimum atomic E-state index is -0.450. The van der Waals surface area contributed by atoms with Crippen molar-refractivity contribution < 1.29 is 14.3 Å². The van der Waals surface area contributed by atoms with Crippen molar-refractivity contribution in [3.05, 3.63) is 28.8 Å². The van der Waals surface area contributed by atoms with Gasteiger partial charge < -0.3 is 9.47 Å². The van der Waals surface area contributed by atoms with Crippen molar-refractivity contribution in [2.45, 2.75) is 40.2 Å². The molecular formula is C15H19NO3. The van der Waals surface area contributed by atoms with Crippen molar-refractivity contribution in [2.75, 3.05) is 6.61 Å². The van der Waals surface area contributed by atoms with E-state index >= 15 is 0 Å². The summed E-state index contributed by atoms with van der Waals surface area (Å²) < 4.78 is 10.7. The van der Waals surface area contributed by atoms with Crippen molar-refractivity contribution in [3.8, 4) is 11.8 Å². The first-order valence-electron chi connectivity index (χ1n) is 6.41. The molecule has 1 atom stereocenters. The normalized spacial score (nSPS) is 11.5. The Morgan fingerprint density at radius 1 is 1.42 bits per heavy atom. The fraction of sp³-hybridized carbons (Fsp3) is 0.467. The molecular weight excluding hydrogens is 242 g/mol. The maximum absolute atomic E-state index is 12.1. The first-order valence-corrected chi connectivity index (χ1v) is 6.41. The van der Waals surface area contributed by atoms with Gasteiger partial charge in [-0.2, -0.15) is 5.26 Å². The van der Waals surface area contributed by atoms with Crippen molar-refractivity contribution in [1.29, 1.82) is 5.26 Å². The van der Waals surface area contributed by atoms with Gasteiger partial charge in [0.1, 0.15) is 11.3 Å². The standard InChI is InChI=1S/C15H19NO3/c1-5-11(4)19-15(17)13-8-12(9-16)10(3)7-14(13)18-6-2/h7-8,11H,5-6H2,1-4H3. The number of hydrogen-bond acceptors (Lipinski definition) is 4. The van der Waals surface area contributed by atoms with Crippen molar-refractivity contribution >= 4 is 5.97 Å². The van der Waals surface area contributed by atoms with Crippen LogP contribution in [0.15, 0.2) is 12.1 Å². The van der Waals surface area contributed by atoms with Gasteiger partial charge in [0.15, 0.2) is 0 Å². The number of benzene rings is 1. The summed E-state index contributed by atoms with van der Waals surface area (Å²) in [4.78, 5) is 12.1. The average molecular weight is 261 g/mol. The number of nitrogens with zero attached hydrogens (tertiary/aromatic N) is 1. The second-order valence-electron chi connectivity index (χ2n) is 4.33. The molecule has 0 N–H and O–H groups in total. The SMILES string of the molecule is CCOc1cc(C)c(C#N)cc1C(=O)OC(C)CC. The molecule has 1 rings (SSSR count). The highest BCUT2D eigenvalue weighted by Crippen LogP contribution is 2.25. The highest BCUT2D eigenvalue weighted by molar-refractivity contribution is 5.93. The third-order valence-corrected chi connectivity index (χ3v) is 2.85. The highest BCUT2D eigenvalue weighted by Gasteiger charge is 2.18. The zero-order chi connectivity index (χ0) is 14.4. The van der Waals surface area contributed by atoms with Crippen LogP contribution in [0.3, 0.4) is 0 Å². The van der Waals surface area contributed by atoms with Crippen LogP contribution in [0.1, 0.15) is 48.7 Å². The Bertz CT molecular complexity index is 503. The zero-order valence-corrected chi connectivity index (χ0v) is 11.8. The molecule has 1 aromatic rings. The van der Waals surface area contributed by atoms with Crippen molar-refractivity contribution in [2.24, 2.45) is 0 Å². The van der Waals surface area contributed by atoms with Gasteiger partial charge in [-0.1, -0.05) is 6.92 Å². The molecule has 1 unspecified atom stereocenters. The van der Waals surface area contributed by atoms with Gasteiger partial charge in [0.05, 0.1) is 24.3 Å². The maximum atomic E-state index is 12.1. The fourth-order valence-corrected chi connectivity index (χ4v) is 1.57. The molecule has 4 nitrogen and oxygen atoms in total. The highest BCUT2D eigenvalue weighted by atomic mass is 16.5. The third kappa shape index (κ3) is 3.72. The fourth-order valence-electron chi connectivity index (χ4n) is 1.57. The molecule has 1 aromatic carbocycles. The summed E-state index contributed by atoms with van der Waals surface area (Å²) in [5, 5.41) is 9.03. The van der Waals surface area contributed by atoms with Gasteiger partial charge in [-0.05, 0) is 44.9 Å². The lowest BCUT2D eigenvalue weighted by molar-refractivity contribution is 0.0330. The summed E-state index contributed by atoms with van der Waals surface area (Å²) in [5.74, 6) is 0.0154. The smallest absolute Gasteiger partial charge is 0.342 e. The monoisotopic (exact) mass is 261 g/mol. The molecule has 0 bridgehead atoms. The second-order valence-corrected chi connectivity index (χ2v) is 4.33. The van der Waals surface area contributed by atoms with Gasteiger partial charge in [-0.15, -0.1) is 0 Å². The Labute approximate surface area is 113 Å². The number of carbonyl (C=O) groups excluding carboxylic acids is 1. The summed E-state index contributed by atoms with van der Waals surface area (Å²) in [5.41, 5.74) is 1.55. The van der Waals surface area contributed by atoms with E-state index in [0.717, 1.165) is 12.0 Å². The number of ether oxygens (including phenoxy) is 2. The number of aryl methyl sites for hydroxylation is 1. The summed E-state index contributed by atoms with van der Waals surface area (Å²) in [6, 6.07) is 5.30. The van der Waals surface area contributed by atoms with E-state index in [-0.39, 0.29) is 6.10 Å². The predicted molar refractivity (Wildman–Crippen MR) is 72.2 cm³/mol. The van der Waals surface area contributed by atoms with E-state index in [1.165, 1.54) is 6.07 Å². The number of esters is 1. The molecule has 0 heterocycles. The van der Waals surface area contributed by atoms with Crippen LogP contribution in [0.2, 0.25) is 0 Å². The van der Waals surface area contributed by atoms with E-state index in [1.54, 1.807) is 6.07 Å². The van der Waals surface area contributed by atoms with Crippen LogP contribution in [-0.2, 0) is 4.74 Å². The van der Waals surface area contributed by atoms with Gasteiger partial charge in [-0.25, -0.2) is 4.79 Å². The van der Waals surface area contributed by atoms with Crippen LogP contribution in [0, 0.1) is 18.3 Å². The Hall–Kier alpha value is -2.02. The van der Waals surface area contributed by atoms with Crippen LogP contribution < -0.4 is 4.74 Å². The number of nitriles is 1. The Kier molecular flexibility index (Phi) is 5.37. The lowest BCUT2D eigenvalue weighted by Crippen LogP contribution is -2.15. The first-order chi connectivity index (χ1) is 9.03. The molecule has 0 saturated carbocycles. The number of hydrogen-bond donors (Lipinski definition) is 0. The summed E-state index contributed by atoms with van der Waals surface area (Å²) in [7, 11) is 0. The van der Waals surface area contributed by atoms with Crippen molar-refractivity contribution in [3.63, 3.8) is 0 Å². The molecule has 0 aliphatic rings. The molecule has 19 heavy (non-hydrogen) atoms. The minimum absolute atomic E-state index is 0.159. The van der Waals surface area contributed by atoms with Crippen LogP contribution in [0.4, 0.5) is 0 Å². The molecule has 0 fully saturated rings. The zero-order valence-electron chi connectivity index (χ0n) is 11.8. The van der Waals surface area contributed by atoms with Crippen LogP contribution >= 0.6 is 0 Å². The summed E-state index contributed by atoms with van der Waals surface area (Å²) in [6.45, 7) is 7.88. The first kappa shape index (κ1) is 15.0. The number of rotatable bonds is 5. The van der Waals surface area contributed by atoms with Gasteiger partial charge in [0.2, 0.25) is 0 Å². The van der Waals surface area contributed by atoms with Crippen molar-refractivity contribution in [1.82, 2.24) is 0 Å². The second kappa shape index (κ2) is 6.79. The molecule has 4 heteroatoms. The predicted octanol–water partition coefficient (Wildman–Crippen LogP) is 3.22. The average Bonchev–Trinajstić information content (AvgIpc) is 2.39. The molecule has 0 radical (unpaired) electrons. The Balaban J connectivity index is 3.16. The quantitative estimate of drug-likeness (QED) is 0.763. The maximum Gasteiger partial charge on any atom is 0.342 e. The Morgan fingerprint density at radius 2 is 2.11 bits per heavy atom. The van der Waals surface area contributed by atoms with Gasteiger partial charge in [0.25, 0.3) is 0 Å². The van der Waals surface area contributed by atoms with E-state index in [9.17, 15) is 4.79 Å². The topological polar surface area (TPSA) is 59.3 Å². The van der Waals surface area contributed by atoms with E-state index in [0.29, 0.717) is 23.5 Å². The molecule has 0 amide bonds. The van der Waals surface area contributed by atoms with E-state index < -0.39 is 5.97 Å². The lowest BCUT2D eigenvalue weighted by atomic mass is 10.0. The number of carbonyl (C=O) groups is 1. The molecule has 0 aliphatic heterocycles. The van der Waals surface area contributed by atoms with Crippen LogP contribution in [0.25, 0.3) is 0 Å². The van der Waals surface area contributed by atoms with E-state index in [4.69, 9.17) is 14.7 Å². The molecule has 0 saturated heterocycles. The van der Waals surface area contributed by atoms with Crippen LogP contribution in [0.5, 0.6) is 5.75 Å². The Morgan fingerprint density at radius 3 is 2.63 bits per heavy atom. The molecule has 0 aliphatic carbocycles. The van der Waals surface area contributed by atoms with E-state index in [1.807, 2.05) is 27.7 Å². The molecule has 0 spiro atoms. The molecule has 102 valence electrons. The summed E-state index contributed by atoms with van der Waals surface area (Å²) in [6.07, 6.45) is 0.584. The van der Waals surface area contributed by atoms with Gasteiger partial charge in [0, 0.05) is 0 Å². The summed E-state index contributed by atoms with van der Waals surface area (Å²) >= 11 is 0.